The summed E-state index contributed by atoms with van der Waals surface area (Å²) in [7, 11) is 0. The fourth-order valence-corrected chi connectivity index (χ4v) is 4.91. The second-order valence-corrected chi connectivity index (χ2v) is 8.28. The SMILES string of the molecule is CC(OC1(c2ccc(Cl)s2)c2ccccc2-c2ccccc21)[C@H](N)C(=O)O. The van der Waals surface area contributed by atoms with Crippen LogP contribution < -0.4 is 5.73 Å². The van der Waals surface area contributed by atoms with Gasteiger partial charge in [0.1, 0.15) is 6.04 Å². The molecule has 1 aliphatic rings. The number of hydrogen-bond acceptors (Lipinski definition) is 4. The van der Waals surface area contributed by atoms with Crippen LogP contribution in [0, 0.1) is 0 Å². The van der Waals surface area contributed by atoms with Crippen LogP contribution in [-0.2, 0) is 15.1 Å². The highest BCUT2D eigenvalue weighted by Gasteiger charge is 2.48. The van der Waals surface area contributed by atoms with E-state index in [4.69, 9.17) is 22.1 Å². The minimum Gasteiger partial charge on any atom is -0.480 e. The van der Waals surface area contributed by atoms with Gasteiger partial charge in [-0.25, -0.2) is 0 Å². The number of halogens is 1. The molecule has 3 N–H and O–H groups in total. The van der Waals surface area contributed by atoms with Gasteiger partial charge in [-0.15, -0.1) is 11.3 Å². The zero-order valence-electron chi connectivity index (χ0n) is 14.6. The minimum atomic E-state index is -1.14. The van der Waals surface area contributed by atoms with Crippen LogP contribution in [0.2, 0.25) is 4.34 Å². The van der Waals surface area contributed by atoms with Crippen molar-refractivity contribution >= 4 is 28.9 Å². The van der Waals surface area contributed by atoms with Gasteiger partial charge in [-0.3, -0.25) is 4.79 Å². The van der Waals surface area contributed by atoms with Crippen LogP contribution in [-0.4, -0.2) is 23.2 Å². The van der Waals surface area contributed by atoms with Crippen molar-refractivity contribution in [2.75, 3.05) is 0 Å². The third kappa shape index (κ3) is 2.78. The van der Waals surface area contributed by atoms with Crippen molar-refractivity contribution in [1.82, 2.24) is 0 Å². The molecule has 0 fully saturated rings. The van der Waals surface area contributed by atoms with Crippen LogP contribution in [0.4, 0.5) is 0 Å². The van der Waals surface area contributed by atoms with Crippen molar-refractivity contribution in [3.63, 3.8) is 0 Å². The molecule has 0 saturated heterocycles. The van der Waals surface area contributed by atoms with E-state index in [0.29, 0.717) is 4.34 Å². The Bertz CT molecular complexity index is 970. The smallest absolute Gasteiger partial charge is 0.323 e. The van der Waals surface area contributed by atoms with E-state index in [2.05, 4.69) is 12.1 Å². The highest BCUT2D eigenvalue weighted by molar-refractivity contribution is 7.16. The average molecular weight is 400 g/mol. The molecule has 0 aliphatic heterocycles. The van der Waals surface area contributed by atoms with E-state index >= 15 is 0 Å². The lowest BCUT2D eigenvalue weighted by Crippen LogP contribution is -2.46. The lowest BCUT2D eigenvalue weighted by molar-refractivity contribution is -0.144. The number of carboxylic acids is 1. The average Bonchev–Trinajstić information content (AvgIpc) is 3.22. The van der Waals surface area contributed by atoms with Gasteiger partial charge in [-0.1, -0.05) is 60.1 Å². The minimum absolute atomic E-state index is 0.644. The Balaban J connectivity index is 1.98. The largest absolute Gasteiger partial charge is 0.480 e. The Kier molecular flexibility index (Phi) is 4.56. The molecule has 6 heteroatoms. The summed E-state index contributed by atoms with van der Waals surface area (Å²) in [6, 6.07) is 18.6. The molecule has 1 aromatic heterocycles. The molecule has 4 rings (SSSR count). The molecule has 2 atom stereocenters. The maximum absolute atomic E-state index is 11.4. The lowest BCUT2D eigenvalue weighted by Gasteiger charge is -2.35. The van der Waals surface area contributed by atoms with E-state index in [0.717, 1.165) is 27.1 Å². The monoisotopic (exact) mass is 399 g/mol. The molecule has 0 saturated carbocycles. The van der Waals surface area contributed by atoms with Crippen LogP contribution in [0.5, 0.6) is 0 Å². The normalized spacial score (nSPS) is 16.4. The Morgan fingerprint density at radius 2 is 1.63 bits per heavy atom. The van der Waals surface area contributed by atoms with E-state index in [1.807, 2.05) is 48.5 Å². The molecule has 2 aromatic carbocycles. The third-order valence-electron chi connectivity index (χ3n) is 4.98. The molecule has 0 spiro atoms. The number of carbonyl (C=O) groups is 1. The summed E-state index contributed by atoms with van der Waals surface area (Å²) in [5, 5.41) is 9.35. The third-order valence-corrected chi connectivity index (χ3v) is 6.31. The summed E-state index contributed by atoms with van der Waals surface area (Å²) in [5.74, 6) is -1.10. The Morgan fingerprint density at radius 1 is 1.07 bits per heavy atom. The predicted octanol–water partition coefficient (Wildman–Crippen LogP) is 4.49. The van der Waals surface area contributed by atoms with Crippen molar-refractivity contribution in [1.29, 1.82) is 0 Å². The Hall–Kier alpha value is -2.18. The molecule has 4 nitrogen and oxygen atoms in total. The maximum atomic E-state index is 11.4. The first-order valence-corrected chi connectivity index (χ1v) is 9.76. The number of hydrogen-bond donors (Lipinski definition) is 2. The van der Waals surface area contributed by atoms with Crippen molar-refractivity contribution in [3.05, 3.63) is 81.0 Å². The molecular formula is C21H18ClNO3S. The highest BCUT2D eigenvalue weighted by atomic mass is 35.5. The van der Waals surface area contributed by atoms with Crippen LogP contribution in [0.1, 0.15) is 22.9 Å². The fourth-order valence-electron chi connectivity index (χ4n) is 3.70. The second-order valence-electron chi connectivity index (χ2n) is 6.56. The molecule has 1 unspecified atom stereocenters. The van der Waals surface area contributed by atoms with Gasteiger partial charge in [0.05, 0.1) is 10.4 Å². The Morgan fingerprint density at radius 3 is 2.11 bits per heavy atom. The number of fused-ring (bicyclic) bond motifs is 3. The van der Waals surface area contributed by atoms with E-state index < -0.39 is 23.7 Å². The highest BCUT2D eigenvalue weighted by Crippen LogP contribution is 2.55. The van der Waals surface area contributed by atoms with E-state index in [1.165, 1.54) is 11.3 Å². The van der Waals surface area contributed by atoms with Gasteiger partial charge < -0.3 is 15.6 Å². The second kappa shape index (κ2) is 6.77. The number of carboxylic acid groups (broad SMARTS) is 1. The lowest BCUT2D eigenvalue weighted by atomic mass is 9.89. The van der Waals surface area contributed by atoms with Gasteiger partial charge in [0.15, 0.2) is 5.60 Å². The van der Waals surface area contributed by atoms with Gasteiger partial charge >= 0.3 is 5.97 Å². The van der Waals surface area contributed by atoms with Crippen molar-refractivity contribution in [2.24, 2.45) is 5.73 Å². The maximum Gasteiger partial charge on any atom is 0.323 e. The molecule has 138 valence electrons. The van der Waals surface area contributed by atoms with Gasteiger partial charge in [0.2, 0.25) is 0 Å². The van der Waals surface area contributed by atoms with Crippen molar-refractivity contribution in [2.45, 2.75) is 24.7 Å². The van der Waals surface area contributed by atoms with Gasteiger partial charge in [-0.2, -0.15) is 0 Å². The molecule has 0 amide bonds. The molecule has 3 aromatic rings. The first-order valence-electron chi connectivity index (χ1n) is 8.56. The van der Waals surface area contributed by atoms with Crippen LogP contribution in [0.3, 0.4) is 0 Å². The Labute approximate surface area is 166 Å². The number of nitrogens with two attached hydrogens (primary N) is 1. The summed E-state index contributed by atoms with van der Waals surface area (Å²) in [6.07, 6.45) is -0.720. The van der Waals surface area contributed by atoms with Gasteiger partial charge in [-0.05, 0) is 30.2 Å². The summed E-state index contributed by atoms with van der Waals surface area (Å²) in [6.45, 7) is 1.69. The van der Waals surface area contributed by atoms with Crippen LogP contribution in [0.15, 0.2) is 60.7 Å². The molecule has 1 aliphatic carbocycles. The standard InChI is InChI=1S/C21H18ClNO3S/c1-12(19(23)20(24)25)26-21(17-10-11-18(22)27-17)15-8-4-2-6-13(15)14-7-3-5-9-16(14)21/h2-12,19H,23H2,1H3,(H,24,25)/t12?,19-/m0/s1. The number of aliphatic carboxylic acids is 1. The summed E-state index contributed by atoms with van der Waals surface area (Å²) in [5.41, 5.74) is 8.99. The topological polar surface area (TPSA) is 72.5 Å². The molecule has 27 heavy (non-hydrogen) atoms. The van der Waals surface area contributed by atoms with E-state index in [-0.39, 0.29) is 0 Å². The quantitative estimate of drug-likeness (QED) is 0.663. The molecule has 0 bridgehead atoms. The van der Waals surface area contributed by atoms with Crippen molar-refractivity contribution < 1.29 is 14.6 Å². The predicted molar refractivity (Wildman–Crippen MR) is 107 cm³/mol. The number of thiophene rings is 1. The number of rotatable bonds is 5. The van der Waals surface area contributed by atoms with Crippen LogP contribution in [0.25, 0.3) is 11.1 Å². The zero-order chi connectivity index (χ0) is 19.2. The van der Waals surface area contributed by atoms with Gasteiger partial charge in [0.25, 0.3) is 0 Å². The zero-order valence-corrected chi connectivity index (χ0v) is 16.1. The molecule has 1 heterocycles. The van der Waals surface area contributed by atoms with Crippen molar-refractivity contribution in [3.8, 4) is 11.1 Å². The first kappa shape index (κ1) is 18.2. The summed E-state index contributed by atoms with van der Waals surface area (Å²) in [4.78, 5) is 12.3. The van der Waals surface area contributed by atoms with E-state index in [1.54, 1.807) is 6.92 Å². The van der Waals surface area contributed by atoms with Crippen LogP contribution >= 0.6 is 22.9 Å². The first-order chi connectivity index (χ1) is 12.9. The number of benzene rings is 2. The van der Waals surface area contributed by atoms with Gasteiger partial charge in [0, 0.05) is 16.0 Å². The molecular weight excluding hydrogens is 382 g/mol. The summed E-state index contributed by atoms with van der Waals surface area (Å²) >= 11 is 7.67. The summed E-state index contributed by atoms with van der Waals surface area (Å²) < 4.78 is 7.16. The van der Waals surface area contributed by atoms with E-state index in [9.17, 15) is 9.90 Å². The number of ether oxygens (including phenoxy) is 1. The fraction of sp³-hybridized carbons (Fsp3) is 0.190. The molecule has 0 radical (unpaired) electrons.